The summed E-state index contributed by atoms with van der Waals surface area (Å²) in [6, 6.07) is 0. The van der Waals surface area contributed by atoms with E-state index >= 15 is 0 Å². The molecule has 0 spiro atoms. The number of phosphoric ester groups is 1. The number of hydrogen-bond acceptors (Lipinski definition) is 10. The SMILES string of the molecule is CC/C=C\C/C=C\C/C=C\C/C=C\C/C=C\CCCCCC(=O)OC(COC(=O)CCCC/C=C\C/C=C\C/C=C\C/C=C\CC)COP(=O)(O)OCC(CO)OC(=O)CCCCCCCCCCCCCCC. The third kappa shape index (κ3) is 53.0. The van der Waals surface area contributed by atoms with E-state index in [1.165, 1.54) is 57.8 Å². The molecule has 0 radical (unpaired) electrons. The second kappa shape index (κ2) is 55.4. The van der Waals surface area contributed by atoms with Crippen LogP contribution < -0.4 is 0 Å². The van der Waals surface area contributed by atoms with Gasteiger partial charge in [-0.05, 0) is 103 Å². The molecule has 3 unspecified atom stereocenters. The van der Waals surface area contributed by atoms with Crippen molar-refractivity contribution in [1.82, 2.24) is 0 Å². The van der Waals surface area contributed by atoms with E-state index in [1.54, 1.807) is 0 Å². The number of phosphoric acid groups is 1. The number of unbranched alkanes of at least 4 members (excludes halogenated alkanes) is 17. The minimum Gasteiger partial charge on any atom is -0.462 e. The largest absolute Gasteiger partial charge is 0.472 e. The van der Waals surface area contributed by atoms with Gasteiger partial charge in [-0.3, -0.25) is 23.4 Å². The van der Waals surface area contributed by atoms with Gasteiger partial charge in [0.05, 0.1) is 19.8 Å². The van der Waals surface area contributed by atoms with Crippen LogP contribution in [0.1, 0.15) is 226 Å². The van der Waals surface area contributed by atoms with Crippen LogP contribution in [0.2, 0.25) is 0 Å². The minimum absolute atomic E-state index is 0.115. The summed E-state index contributed by atoms with van der Waals surface area (Å²) in [4.78, 5) is 48.5. The molecule has 12 heteroatoms. The quantitative estimate of drug-likeness (QED) is 0.0197. The Labute approximate surface area is 450 Å². The fourth-order valence-corrected chi connectivity index (χ4v) is 8.16. The molecule has 422 valence electrons. The van der Waals surface area contributed by atoms with Crippen molar-refractivity contribution in [2.45, 2.75) is 238 Å². The van der Waals surface area contributed by atoms with Crippen LogP contribution in [0.4, 0.5) is 0 Å². The first-order chi connectivity index (χ1) is 36.2. The van der Waals surface area contributed by atoms with Crippen molar-refractivity contribution in [2.24, 2.45) is 0 Å². The average molecular weight is 1060 g/mol. The molecule has 11 nitrogen and oxygen atoms in total. The molecule has 0 aromatic heterocycles. The van der Waals surface area contributed by atoms with Crippen molar-refractivity contribution < 1.29 is 52.2 Å². The lowest BCUT2D eigenvalue weighted by molar-refractivity contribution is -0.161. The maximum Gasteiger partial charge on any atom is 0.472 e. The molecule has 0 saturated carbocycles. The monoisotopic (exact) mass is 1050 g/mol. The lowest BCUT2D eigenvalue weighted by atomic mass is 10.0. The number of aliphatic hydroxyl groups excluding tert-OH is 1. The van der Waals surface area contributed by atoms with Crippen molar-refractivity contribution in [3.63, 3.8) is 0 Å². The summed E-state index contributed by atoms with van der Waals surface area (Å²) in [6.07, 6.45) is 66.2. The first-order valence-corrected chi connectivity index (χ1v) is 30.3. The summed E-state index contributed by atoms with van der Waals surface area (Å²) in [5, 5.41) is 9.81. The highest BCUT2D eigenvalue weighted by molar-refractivity contribution is 7.47. The second-order valence-corrected chi connectivity index (χ2v) is 20.1. The number of carbonyl (C=O) groups is 3. The highest BCUT2D eigenvalue weighted by atomic mass is 31.2. The smallest absolute Gasteiger partial charge is 0.462 e. The average Bonchev–Trinajstić information content (AvgIpc) is 3.39. The second-order valence-electron chi connectivity index (χ2n) is 18.7. The summed E-state index contributed by atoms with van der Waals surface area (Å²) in [5.74, 6) is -1.56. The standard InChI is InChI=1S/C62H103O11P/c1-4-7-10-13-16-19-22-25-27-28-29-30-32-35-38-41-44-47-50-53-62(66)73-59(55-69-60(64)51-48-45-42-39-36-34-31-26-23-20-17-14-11-8-5-2)57-71-74(67,68)70-56-58(54-63)72-61(65)52-49-46-43-40-37-33-24-21-18-15-12-9-6-3/h7-8,10-11,16-17,19-20,25-27,29-31,35-36,38-39,58-59,63H,4-6,9,12-15,18,21-24,28,32-34,37,40-57H2,1-3H3,(H,67,68)/b10-7-,11-8-,19-16-,20-17-,27-25-,30-29-,31-26-,38-35-,39-36-. The zero-order valence-corrected chi connectivity index (χ0v) is 47.4. The fourth-order valence-electron chi connectivity index (χ4n) is 7.37. The van der Waals surface area contributed by atoms with E-state index in [0.29, 0.717) is 19.3 Å². The van der Waals surface area contributed by atoms with Crippen LogP contribution in [0.3, 0.4) is 0 Å². The summed E-state index contributed by atoms with van der Waals surface area (Å²) >= 11 is 0. The van der Waals surface area contributed by atoms with Crippen LogP contribution in [-0.4, -0.2) is 66.5 Å². The molecule has 74 heavy (non-hydrogen) atoms. The molecule has 0 aromatic carbocycles. The molecule has 0 fully saturated rings. The van der Waals surface area contributed by atoms with Crippen LogP contribution in [0.15, 0.2) is 109 Å². The van der Waals surface area contributed by atoms with Gasteiger partial charge in [-0.2, -0.15) is 0 Å². The molecular weight excluding hydrogens is 952 g/mol. The first kappa shape index (κ1) is 70.1. The molecule has 0 rings (SSSR count). The number of aliphatic hydroxyl groups is 1. The van der Waals surface area contributed by atoms with E-state index in [9.17, 15) is 28.9 Å². The van der Waals surface area contributed by atoms with Gasteiger partial charge in [0, 0.05) is 19.3 Å². The highest BCUT2D eigenvalue weighted by Gasteiger charge is 2.28. The van der Waals surface area contributed by atoms with E-state index in [2.05, 4.69) is 130 Å². The Morgan fingerprint density at radius 2 is 0.703 bits per heavy atom. The Hall–Kier alpha value is -3.86. The number of carbonyl (C=O) groups excluding carboxylic acids is 3. The first-order valence-electron chi connectivity index (χ1n) is 28.8. The van der Waals surface area contributed by atoms with Crippen molar-refractivity contribution in [2.75, 3.05) is 26.4 Å². The number of hydrogen-bond donors (Lipinski definition) is 2. The maximum absolute atomic E-state index is 12.9. The third-order valence-electron chi connectivity index (χ3n) is 11.7. The Kier molecular flexibility index (Phi) is 52.5. The van der Waals surface area contributed by atoms with Gasteiger partial charge in [0.2, 0.25) is 0 Å². The summed E-state index contributed by atoms with van der Waals surface area (Å²) in [6.45, 7) is 4.32. The third-order valence-corrected chi connectivity index (χ3v) is 12.6. The Bertz CT molecular complexity index is 1660. The zero-order valence-electron chi connectivity index (χ0n) is 46.5. The fraction of sp³-hybridized carbons (Fsp3) is 0.661. The Morgan fingerprint density at radius 1 is 0.392 bits per heavy atom. The van der Waals surface area contributed by atoms with E-state index in [0.717, 1.165) is 109 Å². The van der Waals surface area contributed by atoms with Crippen LogP contribution in [0.25, 0.3) is 0 Å². The number of ether oxygens (including phenoxy) is 3. The zero-order chi connectivity index (χ0) is 54.1. The normalized spacial score (nSPS) is 14.2. The summed E-state index contributed by atoms with van der Waals surface area (Å²) in [7, 11) is -4.77. The molecule has 0 saturated heterocycles. The van der Waals surface area contributed by atoms with Gasteiger partial charge in [-0.25, -0.2) is 4.57 Å². The molecule has 0 amide bonds. The van der Waals surface area contributed by atoms with Crippen molar-refractivity contribution in [3.8, 4) is 0 Å². The van der Waals surface area contributed by atoms with E-state index in [1.807, 2.05) is 0 Å². The van der Waals surface area contributed by atoms with Gasteiger partial charge in [0.15, 0.2) is 6.10 Å². The van der Waals surface area contributed by atoms with Gasteiger partial charge in [-0.15, -0.1) is 0 Å². The van der Waals surface area contributed by atoms with Crippen LogP contribution >= 0.6 is 7.82 Å². The van der Waals surface area contributed by atoms with E-state index in [-0.39, 0.29) is 25.9 Å². The van der Waals surface area contributed by atoms with Crippen LogP contribution in [-0.2, 0) is 42.2 Å². The van der Waals surface area contributed by atoms with Gasteiger partial charge < -0.3 is 24.2 Å². The van der Waals surface area contributed by atoms with Crippen molar-refractivity contribution in [1.29, 1.82) is 0 Å². The number of esters is 3. The lowest BCUT2D eigenvalue weighted by Crippen LogP contribution is -2.30. The van der Waals surface area contributed by atoms with Gasteiger partial charge >= 0.3 is 25.7 Å². The number of rotatable bonds is 52. The minimum atomic E-state index is -4.77. The summed E-state index contributed by atoms with van der Waals surface area (Å²) in [5.41, 5.74) is 0. The molecule has 0 aliphatic heterocycles. The van der Waals surface area contributed by atoms with Gasteiger partial charge in [-0.1, -0.05) is 214 Å². The van der Waals surface area contributed by atoms with Crippen LogP contribution in [0, 0.1) is 0 Å². The molecule has 0 aromatic rings. The van der Waals surface area contributed by atoms with E-state index in [4.69, 9.17) is 23.3 Å². The van der Waals surface area contributed by atoms with Gasteiger partial charge in [0.25, 0.3) is 0 Å². The predicted octanol–water partition coefficient (Wildman–Crippen LogP) is 17.0. The Balaban J connectivity index is 4.86. The Morgan fingerprint density at radius 3 is 1.11 bits per heavy atom. The van der Waals surface area contributed by atoms with Crippen molar-refractivity contribution in [3.05, 3.63) is 109 Å². The lowest BCUT2D eigenvalue weighted by Gasteiger charge is -2.21. The maximum atomic E-state index is 12.9. The molecule has 0 bridgehead atoms. The summed E-state index contributed by atoms with van der Waals surface area (Å²) < 4.78 is 39.4. The number of allylic oxidation sites excluding steroid dienone is 18. The highest BCUT2D eigenvalue weighted by Crippen LogP contribution is 2.43. The molecule has 0 aliphatic carbocycles. The van der Waals surface area contributed by atoms with E-state index < -0.39 is 57.8 Å². The molecule has 0 heterocycles. The topological polar surface area (TPSA) is 155 Å². The molecule has 2 N–H and O–H groups in total. The molecule has 0 aliphatic rings. The molecule has 3 atom stereocenters. The predicted molar refractivity (Wildman–Crippen MR) is 307 cm³/mol. The molecular formula is C62H103O11P. The van der Waals surface area contributed by atoms with Crippen LogP contribution in [0.5, 0.6) is 0 Å². The van der Waals surface area contributed by atoms with Gasteiger partial charge in [0.1, 0.15) is 12.7 Å². The van der Waals surface area contributed by atoms with Crippen molar-refractivity contribution >= 4 is 25.7 Å².